The summed E-state index contributed by atoms with van der Waals surface area (Å²) in [6.07, 6.45) is 2.63. The Bertz CT molecular complexity index is 352. The van der Waals surface area contributed by atoms with Gasteiger partial charge in [0.2, 0.25) is 0 Å². The first-order chi connectivity index (χ1) is 8.22. The zero-order valence-corrected chi connectivity index (χ0v) is 11.0. The summed E-state index contributed by atoms with van der Waals surface area (Å²) in [5.74, 6) is 1.72. The highest BCUT2D eigenvalue weighted by atomic mass is 15.1. The first-order valence-corrected chi connectivity index (χ1v) is 6.75. The number of benzene rings is 1. The fraction of sp³-hybridized carbons (Fsp3) is 0.600. The first-order valence-electron chi connectivity index (χ1n) is 6.75. The fourth-order valence-corrected chi connectivity index (χ4v) is 2.80. The zero-order chi connectivity index (χ0) is 12.3. The summed E-state index contributed by atoms with van der Waals surface area (Å²) in [5, 5.41) is 0. The molecule has 0 amide bonds. The molecule has 1 saturated heterocycles. The molecule has 94 valence electrons. The van der Waals surface area contributed by atoms with Gasteiger partial charge in [0.05, 0.1) is 0 Å². The van der Waals surface area contributed by atoms with Gasteiger partial charge in [-0.25, -0.2) is 0 Å². The van der Waals surface area contributed by atoms with E-state index >= 15 is 0 Å². The highest BCUT2D eigenvalue weighted by Gasteiger charge is 2.22. The van der Waals surface area contributed by atoms with Crippen LogP contribution in [0, 0.1) is 11.8 Å². The summed E-state index contributed by atoms with van der Waals surface area (Å²) < 4.78 is 0. The SMILES string of the molecule is CC(C)C1CCN(c2ccccc2CN)CC1. The van der Waals surface area contributed by atoms with E-state index in [2.05, 4.69) is 43.0 Å². The van der Waals surface area contributed by atoms with Crippen molar-refractivity contribution in [1.29, 1.82) is 0 Å². The molecule has 2 N–H and O–H groups in total. The zero-order valence-electron chi connectivity index (χ0n) is 11.0. The molecule has 1 fully saturated rings. The minimum atomic E-state index is 0.639. The Balaban J connectivity index is 2.05. The minimum Gasteiger partial charge on any atom is -0.371 e. The topological polar surface area (TPSA) is 29.3 Å². The number of nitrogens with two attached hydrogens (primary N) is 1. The van der Waals surface area contributed by atoms with Gasteiger partial charge in [0.1, 0.15) is 0 Å². The molecule has 0 atom stereocenters. The van der Waals surface area contributed by atoms with Gasteiger partial charge in [-0.1, -0.05) is 32.0 Å². The van der Waals surface area contributed by atoms with E-state index in [1.54, 1.807) is 0 Å². The lowest BCUT2D eigenvalue weighted by molar-refractivity contribution is 0.311. The van der Waals surface area contributed by atoms with Gasteiger partial charge in [-0.2, -0.15) is 0 Å². The molecule has 0 spiro atoms. The lowest BCUT2D eigenvalue weighted by Gasteiger charge is -2.36. The molecule has 0 radical (unpaired) electrons. The van der Waals surface area contributed by atoms with Crippen molar-refractivity contribution in [3.05, 3.63) is 29.8 Å². The molecule has 1 aliphatic heterocycles. The van der Waals surface area contributed by atoms with Gasteiger partial charge in [0, 0.05) is 25.3 Å². The van der Waals surface area contributed by atoms with Crippen molar-refractivity contribution in [3.63, 3.8) is 0 Å². The van der Waals surface area contributed by atoms with Crippen LogP contribution in [-0.2, 0) is 6.54 Å². The largest absolute Gasteiger partial charge is 0.371 e. The Kier molecular flexibility index (Phi) is 4.06. The summed E-state index contributed by atoms with van der Waals surface area (Å²) in [5.41, 5.74) is 8.42. The van der Waals surface area contributed by atoms with Crippen molar-refractivity contribution in [2.75, 3.05) is 18.0 Å². The molecule has 1 aromatic carbocycles. The number of hydrogen-bond acceptors (Lipinski definition) is 2. The molecule has 1 aliphatic rings. The second-order valence-electron chi connectivity index (χ2n) is 5.40. The maximum atomic E-state index is 5.81. The molecule has 0 saturated carbocycles. The number of anilines is 1. The van der Waals surface area contributed by atoms with E-state index in [1.807, 2.05) is 0 Å². The lowest BCUT2D eigenvalue weighted by atomic mass is 9.86. The third-order valence-electron chi connectivity index (χ3n) is 4.03. The van der Waals surface area contributed by atoms with Crippen molar-refractivity contribution in [2.45, 2.75) is 33.2 Å². The summed E-state index contributed by atoms with van der Waals surface area (Å²) >= 11 is 0. The van der Waals surface area contributed by atoms with Crippen molar-refractivity contribution in [2.24, 2.45) is 17.6 Å². The average Bonchev–Trinajstić information content (AvgIpc) is 2.39. The van der Waals surface area contributed by atoms with Crippen LogP contribution in [0.25, 0.3) is 0 Å². The van der Waals surface area contributed by atoms with Crippen molar-refractivity contribution >= 4 is 5.69 Å². The van der Waals surface area contributed by atoms with Gasteiger partial charge in [0.15, 0.2) is 0 Å². The number of para-hydroxylation sites is 1. The molecule has 0 aromatic heterocycles. The van der Waals surface area contributed by atoms with Gasteiger partial charge < -0.3 is 10.6 Å². The first kappa shape index (κ1) is 12.4. The smallest absolute Gasteiger partial charge is 0.0411 e. The molecule has 2 rings (SSSR count). The number of piperidine rings is 1. The highest BCUT2D eigenvalue weighted by molar-refractivity contribution is 5.53. The van der Waals surface area contributed by atoms with E-state index in [-0.39, 0.29) is 0 Å². The van der Waals surface area contributed by atoms with E-state index in [9.17, 15) is 0 Å². The molecule has 0 unspecified atom stereocenters. The summed E-state index contributed by atoms with van der Waals surface area (Å²) in [6, 6.07) is 8.54. The second kappa shape index (κ2) is 5.54. The van der Waals surface area contributed by atoms with Gasteiger partial charge in [-0.05, 0) is 36.3 Å². The van der Waals surface area contributed by atoms with E-state index in [4.69, 9.17) is 5.73 Å². The number of hydrogen-bond donors (Lipinski definition) is 1. The predicted octanol–water partition coefficient (Wildman–Crippen LogP) is 3.02. The van der Waals surface area contributed by atoms with Gasteiger partial charge >= 0.3 is 0 Å². The van der Waals surface area contributed by atoms with Crippen LogP contribution in [0.4, 0.5) is 5.69 Å². The Labute approximate surface area is 105 Å². The van der Waals surface area contributed by atoms with E-state index < -0.39 is 0 Å². The summed E-state index contributed by atoms with van der Waals surface area (Å²) in [4.78, 5) is 2.50. The fourth-order valence-electron chi connectivity index (χ4n) is 2.80. The molecule has 0 bridgehead atoms. The summed E-state index contributed by atoms with van der Waals surface area (Å²) in [6.45, 7) is 7.68. The highest BCUT2D eigenvalue weighted by Crippen LogP contribution is 2.29. The molecule has 0 aliphatic carbocycles. The monoisotopic (exact) mass is 232 g/mol. The molecule has 1 aromatic rings. The van der Waals surface area contributed by atoms with Crippen LogP contribution in [0.3, 0.4) is 0 Å². The minimum absolute atomic E-state index is 0.639. The van der Waals surface area contributed by atoms with Gasteiger partial charge in [0.25, 0.3) is 0 Å². The Hall–Kier alpha value is -1.02. The normalized spacial score (nSPS) is 17.8. The van der Waals surface area contributed by atoms with Crippen LogP contribution in [0.1, 0.15) is 32.3 Å². The van der Waals surface area contributed by atoms with E-state index in [1.165, 1.54) is 37.2 Å². The molecular weight excluding hydrogens is 208 g/mol. The van der Waals surface area contributed by atoms with Gasteiger partial charge in [-0.3, -0.25) is 0 Å². The molecule has 2 heteroatoms. The van der Waals surface area contributed by atoms with Crippen molar-refractivity contribution in [1.82, 2.24) is 0 Å². The van der Waals surface area contributed by atoms with Crippen LogP contribution in [0.15, 0.2) is 24.3 Å². The number of rotatable bonds is 3. The third kappa shape index (κ3) is 2.81. The van der Waals surface area contributed by atoms with Crippen LogP contribution in [0.5, 0.6) is 0 Å². The Morgan fingerprint density at radius 2 is 1.88 bits per heavy atom. The lowest BCUT2D eigenvalue weighted by Crippen LogP contribution is -2.35. The van der Waals surface area contributed by atoms with Crippen molar-refractivity contribution < 1.29 is 0 Å². The maximum absolute atomic E-state index is 5.81. The van der Waals surface area contributed by atoms with E-state index in [0.717, 1.165) is 11.8 Å². The van der Waals surface area contributed by atoms with Crippen LogP contribution in [0.2, 0.25) is 0 Å². The maximum Gasteiger partial charge on any atom is 0.0411 e. The van der Waals surface area contributed by atoms with Crippen molar-refractivity contribution in [3.8, 4) is 0 Å². The standard InChI is InChI=1S/C15H24N2/c1-12(2)13-7-9-17(10-8-13)15-6-4-3-5-14(15)11-16/h3-6,12-13H,7-11,16H2,1-2H3. The number of nitrogens with zero attached hydrogens (tertiary/aromatic N) is 1. The summed E-state index contributed by atoms with van der Waals surface area (Å²) in [7, 11) is 0. The molecule has 2 nitrogen and oxygen atoms in total. The van der Waals surface area contributed by atoms with E-state index in [0.29, 0.717) is 6.54 Å². The molecule has 17 heavy (non-hydrogen) atoms. The quantitative estimate of drug-likeness (QED) is 0.868. The third-order valence-corrected chi connectivity index (χ3v) is 4.03. The van der Waals surface area contributed by atoms with Crippen LogP contribution < -0.4 is 10.6 Å². The molecular formula is C15H24N2. The average molecular weight is 232 g/mol. The Morgan fingerprint density at radius 1 is 1.24 bits per heavy atom. The Morgan fingerprint density at radius 3 is 2.47 bits per heavy atom. The van der Waals surface area contributed by atoms with Gasteiger partial charge in [-0.15, -0.1) is 0 Å². The van der Waals surface area contributed by atoms with Crippen LogP contribution in [-0.4, -0.2) is 13.1 Å². The molecule has 1 heterocycles. The second-order valence-corrected chi connectivity index (χ2v) is 5.40. The van der Waals surface area contributed by atoms with Crippen LogP contribution >= 0.6 is 0 Å². The predicted molar refractivity (Wildman–Crippen MR) is 74.1 cm³/mol.